The third-order valence-electron chi connectivity index (χ3n) is 7.82. The zero-order valence-electron chi connectivity index (χ0n) is 14.2. The summed E-state index contributed by atoms with van der Waals surface area (Å²) in [7, 11) is 0. The van der Waals surface area contributed by atoms with Gasteiger partial charge in [0.2, 0.25) is 0 Å². The molecule has 2 heteroatoms. The van der Waals surface area contributed by atoms with Gasteiger partial charge in [0.25, 0.3) is 0 Å². The number of hydrogen-bond acceptors (Lipinski definition) is 2. The highest BCUT2D eigenvalue weighted by Crippen LogP contribution is 2.62. The summed E-state index contributed by atoms with van der Waals surface area (Å²) in [6.45, 7) is 9.17. The van der Waals surface area contributed by atoms with Crippen LogP contribution in [0.25, 0.3) is 0 Å². The van der Waals surface area contributed by atoms with E-state index in [9.17, 15) is 9.90 Å². The summed E-state index contributed by atoms with van der Waals surface area (Å²) in [5.74, 6) is 2.38. The van der Waals surface area contributed by atoms with Gasteiger partial charge in [-0.3, -0.25) is 4.79 Å². The predicted octanol–water partition coefficient (Wildman–Crippen LogP) is 3.90. The zero-order chi connectivity index (χ0) is 15.9. The van der Waals surface area contributed by atoms with E-state index in [0.29, 0.717) is 17.8 Å². The van der Waals surface area contributed by atoms with Crippen molar-refractivity contribution in [1.29, 1.82) is 0 Å². The molecular weight excluding hydrogens is 272 g/mol. The monoisotopic (exact) mass is 300 g/mol. The molecule has 0 aliphatic heterocycles. The lowest BCUT2D eigenvalue weighted by molar-refractivity contribution is -0.115. The number of hydrogen-bond donors (Lipinski definition) is 1. The largest absolute Gasteiger partial charge is 0.389 e. The number of rotatable bonds is 2. The number of ketones is 1. The molecule has 22 heavy (non-hydrogen) atoms. The Kier molecular flexibility index (Phi) is 2.90. The molecule has 1 N–H and O–H groups in total. The van der Waals surface area contributed by atoms with Crippen LogP contribution in [0.15, 0.2) is 23.3 Å². The van der Waals surface area contributed by atoms with E-state index in [2.05, 4.69) is 33.8 Å². The molecule has 6 aliphatic rings. The minimum atomic E-state index is -0.396. The van der Waals surface area contributed by atoms with Gasteiger partial charge in [0.05, 0.1) is 6.10 Å². The van der Waals surface area contributed by atoms with Gasteiger partial charge in [0.15, 0.2) is 5.78 Å². The van der Waals surface area contributed by atoms with Crippen LogP contribution in [0, 0.1) is 34.5 Å². The maximum Gasteiger partial charge on any atom is 0.181 e. The fourth-order valence-corrected chi connectivity index (χ4v) is 5.68. The van der Waals surface area contributed by atoms with Crippen LogP contribution < -0.4 is 0 Å². The summed E-state index contributed by atoms with van der Waals surface area (Å²) in [4.78, 5) is 12.9. The molecule has 4 fully saturated rings. The van der Waals surface area contributed by atoms with E-state index in [1.807, 2.05) is 6.08 Å². The quantitative estimate of drug-likeness (QED) is 0.785. The Morgan fingerprint density at radius 1 is 1.09 bits per heavy atom. The van der Waals surface area contributed by atoms with Crippen LogP contribution in [-0.4, -0.2) is 17.0 Å². The molecule has 4 unspecified atom stereocenters. The van der Waals surface area contributed by atoms with Crippen molar-refractivity contribution in [2.75, 3.05) is 0 Å². The van der Waals surface area contributed by atoms with Crippen LogP contribution in [0.4, 0.5) is 0 Å². The molecule has 0 aromatic carbocycles. The fraction of sp³-hybridized carbons (Fsp3) is 0.750. The number of fused-ring (bicyclic) bond motifs is 3. The van der Waals surface area contributed by atoms with Gasteiger partial charge in [-0.25, -0.2) is 0 Å². The molecule has 0 aromatic rings. The number of carbonyl (C=O) groups excluding carboxylic acids is 1. The Labute approximate surface area is 133 Å². The maximum atomic E-state index is 12.9. The SMILES string of the molecule is CC1(C)C2CC=C(C(=O)/C=C3/C4CC(C[C@@H]3O)C4(C)C)C1C2. The van der Waals surface area contributed by atoms with Crippen LogP contribution in [0.5, 0.6) is 0 Å². The third-order valence-corrected chi connectivity index (χ3v) is 7.82. The average molecular weight is 300 g/mol. The molecule has 2 nitrogen and oxygen atoms in total. The van der Waals surface area contributed by atoms with Gasteiger partial charge >= 0.3 is 0 Å². The molecule has 0 amide bonds. The molecule has 0 saturated heterocycles. The van der Waals surface area contributed by atoms with Gasteiger partial charge in [-0.2, -0.15) is 0 Å². The number of allylic oxidation sites excluding steroid dienone is 3. The summed E-state index contributed by atoms with van der Waals surface area (Å²) in [6, 6.07) is 0. The summed E-state index contributed by atoms with van der Waals surface area (Å²) >= 11 is 0. The fourth-order valence-electron chi connectivity index (χ4n) is 5.68. The van der Waals surface area contributed by atoms with Crippen molar-refractivity contribution in [1.82, 2.24) is 0 Å². The molecule has 4 saturated carbocycles. The van der Waals surface area contributed by atoms with Crippen LogP contribution >= 0.6 is 0 Å². The van der Waals surface area contributed by atoms with Crippen molar-refractivity contribution in [3.05, 3.63) is 23.3 Å². The second kappa shape index (κ2) is 4.35. The van der Waals surface area contributed by atoms with E-state index < -0.39 is 6.10 Å². The number of aliphatic hydroxyl groups is 1. The molecule has 5 atom stereocenters. The van der Waals surface area contributed by atoms with Gasteiger partial charge in [-0.1, -0.05) is 33.8 Å². The molecule has 0 aromatic heterocycles. The Balaban J connectivity index is 1.60. The Hall–Kier alpha value is -0.890. The molecule has 4 bridgehead atoms. The first kappa shape index (κ1) is 14.7. The van der Waals surface area contributed by atoms with Gasteiger partial charge in [0, 0.05) is 0 Å². The highest BCUT2D eigenvalue weighted by atomic mass is 16.3. The Morgan fingerprint density at radius 2 is 1.73 bits per heavy atom. The van der Waals surface area contributed by atoms with Crippen molar-refractivity contribution in [2.45, 2.75) is 59.5 Å². The molecule has 6 rings (SSSR count). The minimum Gasteiger partial charge on any atom is -0.389 e. The van der Waals surface area contributed by atoms with Crippen molar-refractivity contribution in [3.63, 3.8) is 0 Å². The van der Waals surface area contributed by atoms with E-state index in [-0.39, 0.29) is 16.6 Å². The first-order chi connectivity index (χ1) is 10.2. The van der Waals surface area contributed by atoms with E-state index >= 15 is 0 Å². The van der Waals surface area contributed by atoms with E-state index in [1.165, 1.54) is 6.42 Å². The van der Waals surface area contributed by atoms with Crippen LogP contribution in [0.3, 0.4) is 0 Å². The Morgan fingerprint density at radius 3 is 2.32 bits per heavy atom. The average Bonchev–Trinajstić information content (AvgIpc) is 2.48. The van der Waals surface area contributed by atoms with Gasteiger partial charge in [0.1, 0.15) is 0 Å². The maximum absolute atomic E-state index is 12.9. The first-order valence-electron chi connectivity index (χ1n) is 8.87. The Bertz CT molecular complexity index is 593. The molecule has 6 aliphatic carbocycles. The van der Waals surface area contributed by atoms with E-state index in [4.69, 9.17) is 0 Å². The highest BCUT2D eigenvalue weighted by Gasteiger charge is 2.56. The molecule has 0 spiro atoms. The smallest absolute Gasteiger partial charge is 0.181 e. The van der Waals surface area contributed by atoms with Crippen LogP contribution in [0.1, 0.15) is 53.4 Å². The van der Waals surface area contributed by atoms with Crippen LogP contribution in [0.2, 0.25) is 0 Å². The van der Waals surface area contributed by atoms with Crippen molar-refractivity contribution in [2.24, 2.45) is 34.5 Å². The van der Waals surface area contributed by atoms with Crippen molar-refractivity contribution < 1.29 is 9.90 Å². The summed E-state index contributed by atoms with van der Waals surface area (Å²) in [5, 5.41) is 10.4. The number of carbonyl (C=O) groups is 1. The van der Waals surface area contributed by atoms with Crippen LogP contribution in [-0.2, 0) is 4.79 Å². The zero-order valence-corrected chi connectivity index (χ0v) is 14.2. The third kappa shape index (κ3) is 1.73. The van der Waals surface area contributed by atoms with E-state index in [1.54, 1.807) is 0 Å². The summed E-state index contributed by atoms with van der Waals surface area (Å²) < 4.78 is 0. The standard InChI is InChI=1S/C20H28O2/c1-19(2)11-5-6-13(15(19)7-11)18(22)10-14-16-8-12(9-17(14)21)20(16,3)4/h6,10-12,15-17,21H,5,7-9H2,1-4H3/b14-10-/t11?,12?,15?,16?,17-/m0/s1. The normalized spacial score (nSPS) is 45.6. The van der Waals surface area contributed by atoms with Gasteiger partial charge in [-0.05, 0) is 77.4 Å². The lowest BCUT2D eigenvalue weighted by atomic mass is 9.46. The molecule has 0 radical (unpaired) electrons. The molecule has 120 valence electrons. The van der Waals surface area contributed by atoms with Crippen molar-refractivity contribution in [3.8, 4) is 0 Å². The van der Waals surface area contributed by atoms with Crippen molar-refractivity contribution >= 4 is 5.78 Å². The highest BCUT2D eigenvalue weighted by molar-refractivity contribution is 6.05. The predicted molar refractivity (Wildman–Crippen MR) is 87.2 cm³/mol. The van der Waals surface area contributed by atoms with E-state index in [0.717, 1.165) is 36.3 Å². The minimum absolute atomic E-state index is 0.173. The first-order valence-corrected chi connectivity index (χ1v) is 8.87. The second-order valence-corrected chi connectivity index (χ2v) is 9.27. The second-order valence-electron chi connectivity index (χ2n) is 9.27. The molecular formula is C20H28O2. The lowest BCUT2D eigenvalue weighted by Gasteiger charge is -2.59. The summed E-state index contributed by atoms with van der Waals surface area (Å²) in [5.41, 5.74) is 2.57. The topological polar surface area (TPSA) is 37.3 Å². The molecule has 0 heterocycles. The van der Waals surface area contributed by atoms with Gasteiger partial charge < -0.3 is 5.11 Å². The number of aliphatic hydroxyl groups excluding tert-OH is 1. The summed E-state index contributed by atoms with van der Waals surface area (Å²) in [6.07, 6.45) is 7.80. The van der Waals surface area contributed by atoms with Gasteiger partial charge in [-0.15, -0.1) is 0 Å². The lowest BCUT2D eigenvalue weighted by Crippen LogP contribution is -2.54.